The van der Waals surface area contributed by atoms with Crippen LogP contribution in [0.25, 0.3) is 5.69 Å². The van der Waals surface area contributed by atoms with Crippen molar-refractivity contribution >= 4 is 23.7 Å². The maximum atomic E-state index is 12.0. The van der Waals surface area contributed by atoms with Gasteiger partial charge in [-0.1, -0.05) is 35.9 Å². The molecule has 6 nitrogen and oxygen atoms in total. The van der Waals surface area contributed by atoms with Crippen LogP contribution in [-0.2, 0) is 9.59 Å². The molecule has 3 rings (SSSR count). The zero-order valence-corrected chi connectivity index (χ0v) is 17.9. The second-order valence-electron chi connectivity index (χ2n) is 7.42. The number of para-hydroxylation sites is 1. The molecular formula is C24H26N4O2. The minimum absolute atomic E-state index is 0.557. The van der Waals surface area contributed by atoms with Crippen LogP contribution in [0.3, 0.4) is 0 Å². The zero-order valence-electron chi connectivity index (χ0n) is 17.9. The third-order valence-corrected chi connectivity index (χ3v) is 5.02. The third kappa shape index (κ3) is 4.49. The highest BCUT2D eigenvalue weighted by Gasteiger charge is 2.15. The topological polar surface area (TPSA) is 75.5 Å². The summed E-state index contributed by atoms with van der Waals surface area (Å²) in [7, 11) is 0. The van der Waals surface area contributed by atoms with Gasteiger partial charge in [-0.15, -0.1) is 0 Å². The van der Waals surface area contributed by atoms with Gasteiger partial charge in [-0.25, -0.2) is 5.43 Å². The van der Waals surface area contributed by atoms with Gasteiger partial charge in [0.2, 0.25) is 0 Å². The van der Waals surface area contributed by atoms with Crippen molar-refractivity contribution in [1.29, 1.82) is 0 Å². The molecule has 2 N–H and O–H groups in total. The van der Waals surface area contributed by atoms with Crippen molar-refractivity contribution in [2.45, 2.75) is 34.6 Å². The molecule has 0 saturated heterocycles. The molecule has 0 saturated carbocycles. The second-order valence-corrected chi connectivity index (χ2v) is 7.42. The number of aryl methyl sites for hydroxylation is 4. The molecule has 0 aliphatic rings. The number of nitrogens with one attached hydrogen (secondary N) is 2. The highest BCUT2D eigenvalue weighted by molar-refractivity contribution is 6.39. The molecular weight excluding hydrogens is 376 g/mol. The fourth-order valence-electron chi connectivity index (χ4n) is 3.46. The van der Waals surface area contributed by atoms with Gasteiger partial charge in [0.05, 0.1) is 11.9 Å². The minimum atomic E-state index is -0.824. The van der Waals surface area contributed by atoms with Gasteiger partial charge >= 0.3 is 11.8 Å². The summed E-state index contributed by atoms with van der Waals surface area (Å²) in [4.78, 5) is 24.1. The van der Waals surface area contributed by atoms with E-state index in [0.717, 1.165) is 28.2 Å². The SMILES string of the molecule is Cc1ccc(NC(=O)C(=O)N/N=C\c2cc(C)n(-c3c(C)cccc3C)c2C)cc1. The molecule has 154 valence electrons. The monoisotopic (exact) mass is 402 g/mol. The lowest BCUT2D eigenvalue weighted by Crippen LogP contribution is -2.32. The number of anilines is 1. The molecule has 1 heterocycles. The van der Waals surface area contributed by atoms with Crippen LogP contribution >= 0.6 is 0 Å². The Bertz CT molecular complexity index is 1100. The fourth-order valence-corrected chi connectivity index (χ4v) is 3.46. The van der Waals surface area contributed by atoms with Crippen molar-refractivity contribution in [3.05, 3.63) is 82.2 Å². The van der Waals surface area contributed by atoms with Gasteiger partial charge in [-0.05, 0) is 63.9 Å². The van der Waals surface area contributed by atoms with E-state index in [9.17, 15) is 9.59 Å². The van der Waals surface area contributed by atoms with Crippen LogP contribution in [0.4, 0.5) is 5.69 Å². The van der Waals surface area contributed by atoms with Crippen molar-refractivity contribution in [2.75, 3.05) is 5.32 Å². The average Bonchev–Trinajstić information content (AvgIpc) is 2.97. The smallest absolute Gasteiger partial charge is 0.318 e. The lowest BCUT2D eigenvalue weighted by atomic mass is 10.1. The predicted octanol–water partition coefficient (Wildman–Crippen LogP) is 4.11. The summed E-state index contributed by atoms with van der Waals surface area (Å²) >= 11 is 0. The second kappa shape index (κ2) is 8.78. The highest BCUT2D eigenvalue weighted by Crippen LogP contribution is 2.25. The number of rotatable bonds is 4. The van der Waals surface area contributed by atoms with E-state index in [4.69, 9.17) is 0 Å². The van der Waals surface area contributed by atoms with Gasteiger partial charge in [0.1, 0.15) is 0 Å². The van der Waals surface area contributed by atoms with Crippen molar-refractivity contribution < 1.29 is 9.59 Å². The Hall–Kier alpha value is -3.67. The van der Waals surface area contributed by atoms with Gasteiger partial charge in [-0.2, -0.15) is 5.10 Å². The molecule has 0 unspecified atom stereocenters. The van der Waals surface area contributed by atoms with Gasteiger partial charge < -0.3 is 9.88 Å². The van der Waals surface area contributed by atoms with E-state index in [1.807, 2.05) is 45.0 Å². The van der Waals surface area contributed by atoms with Gasteiger partial charge in [0, 0.05) is 22.6 Å². The molecule has 3 aromatic rings. The third-order valence-electron chi connectivity index (χ3n) is 5.02. The number of amides is 2. The van der Waals surface area contributed by atoms with Crippen molar-refractivity contribution in [3.8, 4) is 5.69 Å². The first kappa shape index (κ1) is 21.0. The lowest BCUT2D eigenvalue weighted by Gasteiger charge is -2.15. The summed E-state index contributed by atoms with van der Waals surface area (Å²) in [5.41, 5.74) is 10.4. The number of hydrogen-bond acceptors (Lipinski definition) is 3. The maximum Gasteiger partial charge on any atom is 0.329 e. The highest BCUT2D eigenvalue weighted by atomic mass is 16.2. The fraction of sp³-hybridized carbons (Fsp3) is 0.208. The predicted molar refractivity (Wildman–Crippen MR) is 120 cm³/mol. The Labute approximate surface area is 176 Å². The standard InChI is InChI=1S/C24H26N4O2/c1-15-9-11-21(12-10-15)26-23(29)24(30)27-25-14-20-13-18(4)28(19(20)5)22-16(2)7-6-8-17(22)3/h6-14H,1-5H3,(H,26,29)(H,27,30)/b25-14-. The number of carbonyl (C=O) groups is 2. The summed E-state index contributed by atoms with van der Waals surface area (Å²) in [6, 6.07) is 15.4. The molecule has 30 heavy (non-hydrogen) atoms. The Kier molecular flexibility index (Phi) is 6.16. The molecule has 0 aliphatic carbocycles. The minimum Gasteiger partial charge on any atom is -0.318 e. The summed E-state index contributed by atoms with van der Waals surface area (Å²) in [5, 5.41) is 6.52. The molecule has 0 aliphatic heterocycles. The molecule has 2 aromatic carbocycles. The first-order chi connectivity index (χ1) is 14.3. The van der Waals surface area contributed by atoms with E-state index >= 15 is 0 Å². The van der Waals surface area contributed by atoms with Gasteiger partial charge in [0.15, 0.2) is 0 Å². The van der Waals surface area contributed by atoms with E-state index in [2.05, 4.69) is 46.4 Å². The zero-order chi connectivity index (χ0) is 21.8. The van der Waals surface area contributed by atoms with Crippen LogP contribution in [0.15, 0.2) is 53.6 Å². The van der Waals surface area contributed by atoms with Gasteiger partial charge in [-0.3, -0.25) is 9.59 Å². The first-order valence-corrected chi connectivity index (χ1v) is 9.74. The molecule has 0 bridgehead atoms. The molecule has 0 atom stereocenters. The van der Waals surface area contributed by atoms with E-state index in [1.165, 1.54) is 11.1 Å². The quantitative estimate of drug-likeness (QED) is 0.391. The Morgan fingerprint density at radius 2 is 1.53 bits per heavy atom. The summed E-state index contributed by atoms with van der Waals surface area (Å²) in [5.74, 6) is -1.59. The number of hydrazone groups is 1. The van der Waals surface area contributed by atoms with Crippen LogP contribution in [-0.4, -0.2) is 22.6 Å². The van der Waals surface area contributed by atoms with E-state index in [0.29, 0.717) is 5.69 Å². The van der Waals surface area contributed by atoms with Gasteiger partial charge in [0.25, 0.3) is 0 Å². The summed E-state index contributed by atoms with van der Waals surface area (Å²) in [6.07, 6.45) is 1.56. The molecule has 0 fully saturated rings. The molecule has 2 amide bonds. The van der Waals surface area contributed by atoms with Crippen LogP contribution in [0.1, 0.15) is 33.6 Å². The lowest BCUT2D eigenvalue weighted by molar-refractivity contribution is -0.136. The Morgan fingerprint density at radius 1 is 0.900 bits per heavy atom. The van der Waals surface area contributed by atoms with E-state index in [1.54, 1.807) is 18.3 Å². The maximum absolute atomic E-state index is 12.0. The van der Waals surface area contributed by atoms with Crippen molar-refractivity contribution in [2.24, 2.45) is 5.10 Å². The normalized spacial score (nSPS) is 11.0. The van der Waals surface area contributed by atoms with Crippen LogP contribution < -0.4 is 10.7 Å². The number of nitrogens with zero attached hydrogens (tertiary/aromatic N) is 2. The van der Waals surface area contributed by atoms with Crippen molar-refractivity contribution in [3.63, 3.8) is 0 Å². The largest absolute Gasteiger partial charge is 0.329 e. The average molecular weight is 402 g/mol. The number of hydrogen-bond donors (Lipinski definition) is 2. The summed E-state index contributed by atoms with van der Waals surface area (Å²) in [6.45, 7) is 10.2. The van der Waals surface area contributed by atoms with Crippen LogP contribution in [0.2, 0.25) is 0 Å². The molecule has 6 heteroatoms. The van der Waals surface area contributed by atoms with Crippen molar-refractivity contribution in [1.82, 2.24) is 9.99 Å². The molecule has 0 radical (unpaired) electrons. The van der Waals surface area contributed by atoms with Crippen LogP contribution in [0.5, 0.6) is 0 Å². The van der Waals surface area contributed by atoms with Crippen LogP contribution in [0, 0.1) is 34.6 Å². The number of benzene rings is 2. The Balaban J connectivity index is 1.72. The molecule has 1 aromatic heterocycles. The number of carbonyl (C=O) groups excluding carboxylic acids is 2. The Morgan fingerprint density at radius 3 is 2.17 bits per heavy atom. The van der Waals surface area contributed by atoms with E-state index in [-0.39, 0.29) is 0 Å². The van der Waals surface area contributed by atoms with E-state index < -0.39 is 11.8 Å². The summed E-state index contributed by atoms with van der Waals surface area (Å²) < 4.78 is 2.18. The molecule has 0 spiro atoms. The number of aromatic nitrogens is 1. The first-order valence-electron chi connectivity index (χ1n) is 9.74.